The summed E-state index contributed by atoms with van der Waals surface area (Å²) in [4.78, 5) is 4.46. The van der Waals surface area contributed by atoms with Gasteiger partial charge in [-0.05, 0) is 55.5 Å². The van der Waals surface area contributed by atoms with Crippen molar-refractivity contribution in [2.45, 2.75) is 17.8 Å². The number of rotatable bonds is 6. The zero-order chi connectivity index (χ0) is 19.5. The van der Waals surface area contributed by atoms with Crippen LogP contribution in [-0.4, -0.2) is 32.0 Å². The van der Waals surface area contributed by atoms with Crippen molar-refractivity contribution in [2.24, 2.45) is 0 Å². The van der Waals surface area contributed by atoms with Gasteiger partial charge in [0.05, 0.1) is 12.9 Å². The fourth-order valence-corrected chi connectivity index (χ4v) is 3.58. The smallest absolute Gasteiger partial charge is 0.237 e. The van der Waals surface area contributed by atoms with Crippen LogP contribution in [0.25, 0.3) is 17.1 Å². The molecule has 0 aliphatic rings. The molecule has 28 heavy (non-hydrogen) atoms. The van der Waals surface area contributed by atoms with E-state index >= 15 is 0 Å². The van der Waals surface area contributed by atoms with Crippen molar-refractivity contribution in [1.82, 2.24) is 24.9 Å². The second kappa shape index (κ2) is 8.04. The largest absolute Gasteiger partial charge is 0.497 e. The number of aromatic nitrogens is 5. The Labute approximate surface area is 170 Å². The molecule has 2 heterocycles. The lowest BCUT2D eigenvalue weighted by Gasteiger charge is -2.07. The first-order valence-electron chi connectivity index (χ1n) is 8.42. The van der Waals surface area contributed by atoms with Gasteiger partial charge in [0.15, 0.2) is 5.16 Å². The second-order valence-electron chi connectivity index (χ2n) is 5.87. The molecule has 142 valence electrons. The average Bonchev–Trinajstić information content (AvgIpc) is 3.34. The maximum Gasteiger partial charge on any atom is 0.237 e. The van der Waals surface area contributed by atoms with Crippen LogP contribution in [0.2, 0.25) is 5.02 Å². The molecule has 0 fully saturated rings. The summed E-state index contributed by atoms with van der Waals surface area (Å²) >= 11 is 7.46. The van der Waals surface area contributed by atoms with Crippen molar-refractivity contribution in [1.29, 1.82) is 0 Å². The summed E-state index contributed by atoms with van der Waals surface area (Å²) in [5.74, 6) is 3.09. The van der Waals surface area contributed by atoms with Gasteiger partial charge >= 0.3 is 0 Å². The number of nitrogens with zero attached hydrogens (tertiary/aromatic N) is 5. The highest BCUT2D eigenvalue weighted by molar-refractivity contribution is 7.98. The van der Waals surface area contributed by atoms with Gasteiger partial charge in [0, 0.05) is 16.3 Å². The average molecular weight is 414 g/mol. The van der Waals surface area contributed by atoms with E-state index in [0.717, 1.165) is 28.0 Å². The fraction of sp³-hybridized carbons (Fsp3) is 0.158. The molecule has 7 nitrogen and oxygen atoms in total. The Bertz CT molecular complexity index is 1080. The fourth-order valence-electron chi connectivity index (χ4n) is 2.62. The van der Waals surface area contributed by atoms with Crippen LogP contribution < -0.4 is 4.74 Å². The first-order chi connectivity index (χ1) is 13.6. The number of ether oxygens (including phenoxy) is 1. The van der Waals surface area contributed by atoms with E-state index in [1.807, 2.05) is 60.0 Å². The molecular formula is C19H16ClN5O2S. The number of thioether (sulfide) groups is 1. The van der Waals surface area contributed by atoms with Gasteiger partial charge in [-0.1, -0.05) is 28.5 Å². The highest BCUT2D eigenvalue weighted by atomic mass is 35.5. The lowest BCUT2D eigenvalue weighted by Crippen LogP contribution is -1.99. The van der Waals surface area contributed by atoms with Gasteiger partial charge in [-0.25, -0.2) is 0 Å². The zero-order valence-electron chi connectivity index (χ0n) is 15.2. The van der Waals surface area contributed by atoms with Crippen molar-refractivity contribution in [3.63, 3.8) is 0 Å². The van der Waals surface area contributed by atoms with Crippen molar-refractivity contribution >= 4 is 23.4 Å². The minimum atomic E-state index is 0.481. The monoisotopic (exact) mass is 413 g/mol. The minimum Gasteiger partial charge on any atom is -0.497 e. The van der Waals surface area contributed by atoms with Crippen LogP contribution in [0.15, 0.2) is 58.2 Å². The van der Waals surface area contributed by atoms with E-state index in [4.69, 9.17) is 20.9 Å². The van der Waals surface area contributed by atoms with Crippen LogP contribution in [0, 0.1) is 6.92 Å². The summed E-state index contributed by atoms with van der Waals surface area (Å²) in [5, 5.41) is 13.9. The first-order valence-corrected chi connectivity index (χ1v) is 9.78. The highest BCUT2D eigenvalue weighted by Crippen LogP contribution is 2.26. The molecule has 0 radical (unpaired) electrons. The highest BCUT2D eigenvalue weighted by Gasteiger charge is 2.14. The normalized spacial score (nSPS) is 11.0. The molecule has 4 aromatic rings. The molecule has 0 unspecified atom stereocenters. The first kappa shape index (κ1) is 18.5. The number of benzene rings is 2. The number of halogens is 1. The van der Waals surface area contributed by atoms with E-state index < -0.39 is 0 Å². The lowest BCUT2D eigenvalue weighted by atomic mass is 10.2. The predicted molar refractivity (Wildman–Crippen MR) is 107 cm³/mol. The molecule has 0 aliphatic carbocycles. The molecular weight excluding hydrogens is 398 g/mol. The summed E-state index contributed by atoms with van der Waals surface area (Å²) in [6.45, 7) is 1.90. The van der Waals surface area contributed by atoms with Gasteiger partial charge in [0.25, 0.3) is 0 Å². The van der Waals surface area contributed by atoms with Gasteiger partial charge in [-0.2, -0.15) is 4.98 Å². The summed E-state index contributed by atoms with van der Waals surface area (Å²) in [6, 6.07) is 15.0. The topological polar surface area (TPSA) is 78.9 Å². The maximum absolute atomic E-state index is 5.98. The molecule has 0 N–H and O–H groups in total. The minimum absolute atomic E-state index is 0.481. The zero-order valence-corrected chi connectivity index (χ0v) is 16.7. The quantitative estimate of drug-likeness (QED) is 0.428. The van der Waals surface area contributed by atoms with Gasteiger partial charge in [-0.15, -0.1) is 10.2 Å². The molecule has 0 amide bonds. The predicted octanol–water partition coefficient (Wildman–Crippen LogP) is 4.58. The van der Waals surface area contributed by atoms with E-state index in [9.17, 15) is 0 Å². The van der Waals surface area contributed by atoms with Crippen LogP contribution in [0.3, 0.4) is 0 Å². The summed E-state index contributed by atoms with van der Waals surface area (Å²) in [5.41, 5.74) is 1.81. The Kier molecular flexibility index (Phi) is 5.31. The maximum atomic E-state index is 5.98. The molecule has 2 aromatic carbocycles. The van der Waals surface area contributed by atoms with Crippen molar-refractivity contribution in [3.8, 4) is 22.8 Å². The Morgan fingerprint density at radius 3 is 2.54 bits per heavy atom. The molecule has 0 aliphatic heterocycles. The molecule has 0 saturated carbocycles. The van der Waals surface area contributed by atoms with E-state index in [1.165, 1.54) is 11.8 Å². The number of hydrogen-bond donors (Lipinski definition) is 0. The number of hydrogen-bond acceptors (Lipinski definition) is 7. The van der Waals surface area contributed by atoms with Gasteiger partial charge < -0.3 is 9.26 Å². The van der Waals surface area contributed by atoms with E-state index in [0.29, 0.717) is 22.5 Å². The number of methoxy groups -OCH3 is 1. The van der Waals surface area contributed by atoms with E-state index in [2.05, 4.69) is 20.3 Å². The third kappa shape index (κ3) is 3.88. The third-order valence-electron chi connectivity index (χ3n) is 4.02. The van der Waals surface area contributed by atoms with Gasteiger partial charge in [0.1, 0.15) is 11.6 Å². The van der Waals surface area contributed by atoms with Crippen LogP contribution in [-0.2, 0) is 5.75 Å². The summed E-state index contributed by atoms with van der Waals surface area (Å²) < 4.78 is 12.5. The standard InChI is InChI=1S/C19H16ClN5O2S/c1-12-22-23-19(25(12)15-7-5-14(20)6-8-15)28-11-17-21-18(24-27-17)13-3-9-16(26-2)10-4-13/h3-10H,11H2,1-2H3. The molecule has 0 spiro atoms. The van der Waals surface area contributed by atoms with Crippen molar-refractivity contribution in [3.05, 3.63) is 65.3 Å². The molecule has 0 bridgehead atoms. The van der Waals surface area contributed by atoms with E-state index in [-0.39, 0.29) is 0 Å². The molecule has 2 aromatic heterocycles. The molecule has 4 rings (SSSR count). The SMILES string of the molecule is COc1ccc(-c2noc(CSc3nnc(C)n3-c3ccc(Cl)cc3)n2)cc1. The van der Waals surface area contributed by atoms with Crippen LogP contribution in [0.1, 0.15) is 11.7 Å². The van der Waals surface area contributed by atoms with Crippen LogP contribution in [0.4, 0.5) is 0 Å². The van der Waals surface area contributed by atoms with E-state index in [1.54, 1.807) is 7.11 Å². The van der Waals surface area contributed by atoms with Crippen LogP contribution in [0.5, 0.6) is 5.75 Å². The molecule has 0 saturated heterocycles. The summed E-state index contributed by atoms with van der Waals surface area (Å²) in [7, 11) is 1.63. The third-order valence-corrected chi connectivity index (χ3v) is 5.19. The Morgan fingerprint density at radius 1 is 1.07 bits per heavy atom. The van der Waals surface area contributed by atoms with Crippen LogP contribution >= 0.6 is 23.4 Å². The van der Waals surface area contributed by atoms with Crippen molar-refractivity contribution < 1.29 is 9.26 Å². The lowest BCUT2D eigenvalue weighted by molar-refractivity contribution is 0.391. The Balaban J connectivity index is 1.50. The van der Waals surface area contributed by atoms with Gasteiger partial charge in [-0.3, -0.25) is 4.57 Å². The second-order valence-corrected chi connectivity index (χ2v) is 7.25. The van der Waals surface area contributed by atoms with Gasteiger partial charge in [0.2, 0.25) is 11.7 Å². The van der Waals surface area contributed by atoms with Crippen molar-refractivity contribution in [2.75, 3.05) is 7.11 Å². The Hall–Kier alpha value is -2.84. The summed E-state index contributed by atoms with van der Waals surface area (Å²) in [6.07, 6.45) is 0. The molecule has 9 heteroatoms. The molecule has 0 atom stereocenters. The Morgan fingerprint density at radius 2 is 1.82 bits per heavy atom. The number of aryl methyl sites for hydroxylation is 1.